The van der Waals surface area contributed by atoms with Gasteiger partial charge in [0.15, 0.2) is 5.60 Å². The van der Waals surface area contributed by atoms with Gasteiger partial charge < -0.3 is 19.7 Å². The molecule has 0 radical (unpaired) electrons. The molecule has 32 heavy (non-hydrogen) atoms. The van der Waals surface area contributed by atoms with Crippen LogP contribution in [0.2, 0.25) is 0 Å². The zero-order valence-electron chi connectivity index (χ0n) is 19.1. The van der Waals surface area contributed by atoms with E-state index in [0.717, 1.165) is 17.9 Å². The van der Waals surface area contributed by atoms with E-state index in [1.165, 1.54) is 18.2 Å². The van der Waals surface area contributed by atoms with Crippen molar-refractivity contribution in [1.29, 1.82) is 0 Å². The third kappa shape index (κ3) is 4.38. The van der Waals surface area contributed by atoms with Gasteiger partial charge in [0.2, 0.25) is 0 Å². The fourth-order valence-corrected chi connectivity index (χ4v) is 3.62. The average molecular weight is 451 g/mol. The number of carbonyl (C=O) groups excluding carboxylic acids is 1. The van der Waals surface area contributed by atoms with Crippen molar-refractivity contribution >= 4 is 24.2 Å². The number of benzene rings is 1. The Morgan fingerprint density at radius 2 is 1.78 bits per heavy atom. The summed E-state index contributed by atoms with van der Waals surface area (Å²) in [6.07, 6.45) is -0.903. The summed E-state index contributed by atoms with van der Waals surface area (Å²) in [4.78, 5) is 12.7. The minimum absolute atomic E-state index is 0.0985. The third-order valence-corrected chi connectivity index (χ3v) is 6.79. The van der Waals surface area contributed by atoms with Crippen molar-refractivity contribution in [2.45, 2.75) is 70.9 Å². The summed E-state index contributed by atoms with van der Waals surface area (Å²) in [7, 11) is -0.587. The maximum Gasteiger partial charge on any atom is 0.495 e. The molecule has 2 unspecified atom stereocenters. The van der Waals surface area contributed by atoms with Crippen molar-refractivity contribution < 1.29 is 32.4 Å². The van der Waals surface area contributed by atoms with Crippen molar-refractivity contribution in [3.8, 4) is 0 Å². The molecule has 1 heterocycles. The Bertz CT molecular complexity index is 950. The SMILES string of the molecule is Cc1c(NC(=O)C2=CCC(C(C)(O)C(F)(F)F)C=C2)cccc1B1OC(C)(C)C(C)(C)O1. The topological polar surface area (TPSA) is 67.8 Å². The van der Waals surface area contributed by atoms with Gasteiger partial charge in [0.1, 0.15) is 0 Å². The van der Waals surface area contributed by atoms with Crippen molar-refractivity contribution in [2.75, 3.05) is 5.32 Å². The number of carbonyl (C=O) groups is 1. The molecule has 0 bridgehead atoms. The van der Waals surface area contributed by atoms with Gasteiger partial charge in [-0.15, -0.1) is 0 Å². The van der Waals surface area contributed by atoms with Crippen LogP contribution in [0, 0.1) is 12.8 Å². The van der Waals surface area contributed by atoms with E-state index >= 15 is 0 Å². The number of rotatable bonds is 4. The smallest absolute Gasteiger partial charge is 0.399 e. The van der Waals surface area contributed by atoms with E-state index in [9.17, 15) is 23.1 Å². The number of amides is 1. The summed E-state index contributed by atoms with van der Waals surface area (Å²) in [5.74, 6) is -1.60. The lowest BCUT2D eigenvalue weighted by molar-refractivity contribution is -0.266. The van der Waals surface area contributed by atoms with Gasteiger partial charge in [0.25, 0.3) is 5.91 Å². The van der Waals surface area contributed by atoms with E-state index in [2.05, 4.69) is 5.32 Å². The summed E-state index contributed by atoms with van der Waals surface area (Å²) < 4.78 is 51.4. The molecule has 5 nitrogen and oxygen atoms in total. The van der Waals surface area contributed by atoms with Crippen LogP contribution in [0.25, 0.3) is 0 Å². The summed E-state index contributed by atoms with van der Waals surface area (Å²) >= 11 is 0. The molecule has 174 valence electrons. The standard InChI is InChI=1S/C23H29BF3NO4/c1-14-17(24-31-20(2,3)21(4,5)32-24)8-7-9-18(14)28-19(29)15-10-12-16(13-11-15)22(6,30)23(25,26)27/h7-12,16,30H,13H2,1-6H3,(H,28,29). The molecule has 1 fully saturated rings. The molecule has 0 aromatic heterocycles. The normalized spacial score (nSPS) is 24.1. The Labute approximate surface area is 186 Å². The Balaban J connectivity index is 1.74. The number of hydrogen-bond donors (Lipinski definition) is 2. The van der Waals surface area contributed by atoms with Crippen molar-refractivity contribution in [3.05, 3.63) is 47.6 Å². The highest BCUT2D eigenvalue weighted by molar-refractivity contribution is 6.62. The Morgan fingerprint density at radius 1 is 1.19 bits per heavy atom. The number of halogens is 3. The molecule has 1 aliphatic heterocycles. The summed E-state index contributed by atoms with van der Waals surface area (Å²) in [5.41, 5.74) is -1.52. The number of nitrogens with one attached hydrogen (secondary N) is 1. The lowest BCUT2D eigenvalue weighted by Gasteiger charge is -2.33. The van der Waals surface area contributed by atoms with Gasteiger partial charge in [0, 0.05) is 17.2 Å². The summed E-state index contributed by atoms with van der Waals surface area (Å²) in [5, 5.41) is 12.7. The first-order valence-corrected chi connectivity index (χ1v) is 10.5. The van der Waals surface area contributed by atoms with Crippen molar-refractivity contribution in [3.63, 3.8) is 0 Å². The van der Waals surface area contributed by atoms with Crippen LogP contribution in [0.1, 0.15) is 46.6 Å². The molecular weight excluding hydrogens is 422 g/mol. The molecule has 0 saturated carbocycles. The highest BCUT2D eigenvalue weighted by atomic mass is 19.4. The highest BCUT2D eigenvalue weighted by Gasteiger charge is 2.54. The van der Waals surface area contributed by atoms with E-state index in [4.69, 9.17) is 9.31 Å². The van der Waals surface area contributed by atoms with Crippen LogP contribution < -0.4 is 10.8 Å². The van der Waals surface area contributed by atoms with Gasteiger partial charge >= 0.3 is 13.3 Å². The zero-order chi connectivity index (χ0) is 24.1. The molecule has 2 atom stereocenters. The Kier molecular flexibility index (Phi) is 6.17. The monoisotopic (exact) mass is 451 g/mol. The number of hydrogen-bond acceptors (Lipinski definition) is 4. The van der Waals surface area contributed by atoms with Gasteiger partial charge in [-0.05, 0) is 65.1 Å². The number of allylic oxidation sites excluding steroid dienone is 1. The molecule has 1 aromatic carbocycles. The van der Waals surface area contributed by atoms with Crippen LogP contribution in [0.5, 0.6) is 0 Å². The van der Waals surface area contributed by atoms with Gasteiger partial charge in [-0.3, -0.25) is 4.79 Å². The highest BCUT2D eigenvalue weighted by Crippen LogP contribution is 2.40. The summed E-state index contributed by atoms with van der Waals surface area (Å²) in [6, 6.07) is 5.40. The van der Waals surface area contributed by atoms with Gasteiger partial charge in [-0.2, -0.15) is 13.2 Å². The molecule has 2 N–H and O–H groups in total. The molecule has 2 aliphatic rings. The fraction of sp³-hybridized carbons (Fsp3) is 0.522. The van der Waals surface area contributed by atoms with Crippen molar-refractivity contribution in [2.24, 2.45) is 5.92 Å². The van der Waals surface area contributed by atoms with Gasteiger partial charge in [-0.1, -0.05) is 30.4 Å². The lowest BCUT2D eigenvalue weighted by Crippen LogP contribution is -2.48. The first-order valence-electron chi connectivity index (χ1n) is 10.5. The van der Waals surface area contributed by atoms with Crippen LogP contribution in [-0.2, 0) is 14.1 Å². The van der Waals surface area contributed by atoms with Crippen molar-refractivity contribution in [1.82, 2.24) is 0 Å². The average Bonchev–Trinajstić information content (AvgIpc) is 2.89. The van der Waals surface area contributed by atoms with Gasteiger partial charge in [0.05, 0.1) is 11.2 Å². The molecule has 1 saturated heterocycles. The molecule has 1 aromatic rings. The maximum absolute atomic E-state index is 13.1. The van der Waals surface area contributed by atoms with Crippen LogP contribution in [0.4, 0.5) is 18.9 Å². The number of anilines is 1. The predicted molar refractivity (Wildman–Crippen MR) is 118 cm³/mol. The second kappa shape index (κ2) is 8.04. The second-order valence-corrected chi connectivity index (χ2v) is 9.57. The molecular formula is C23H29BF3NO4. The molecule has 3 rings (SSSR count). The fourth-order valence-electron chi connectivity index (χ4n) is 3.62. The van der Waals surface area contributed by atoms with E-state index < -0.39 is 41.9 Å². The Morgan fingerprint density at radius 3 is 2.28 bits per heavy atom. The Hall–Kier alpha value is -2.10. The largest absolute Gasteiger partial charge is 0.495 e. The van der Waals surface area contributed by atoms with Crippen LogP contribution in [0.15, 0.2) is 42.0 Å². The quantitative estimate of drug-likeness (QED) is 0.679. The summed E-state index contributed by atoms with van der Waals surface area (Å²) in [6.45, 7) is 10.4. The molecule has 1 amide bonds. The minimum Gasteiger partial charge on any atom is -0.399 e. The molecule has 0 spiro atoms. The third-order valence-electron chi connectivity index (χ3n) is 6.79. The minimum atomic E-state index is -4.76. The van der Waals surface area contributed by atoms with Crippen LogP contribution in [-0.4, -0.2) is 41.1 Å². The lowest BCUT2D eigenvalue weighted by atomic mass is 9.76. The molecule has 9 heteroatoms. The molecule has 1 aliphatic carbocycles. The second-order valence-electron chi connectivity index (χ2n) is 9.57. The predicted octanol–water partition coefficient (Wildman–Crippen LogP) is 4.05. The number of alkyl halides is 3. The van der Waals surface area contributed by atoms with E-state index in [0.29, 0.717) is 5.69 Å². The van der Waals surface area contributed by atoms with E-state index in [1.54, 1.807) is 12.1 Å². The first kappa shape index (κ1) is 24.5. The number of aliphatic hydroxyl groups is 1. The van der Waals surface area contributed by atoms with Crippen LogP contribution >= 0.6 is 0 Å². The maximum atomic E-state index is 13.1. The first-order chi connectivity index (χ1) is 14.6. The zero-order valence-corrected chi connectivity index (χ0v) is 19.1. The van der Waals surface area contributed by atoms with E-state index in [1.807, 2.05) is 40.7 Å². The van der Waals surface area contributed by atoms with Crippen LogP contribution in [0.3, 0.4) is 0 Å². The van der Waals surface area contributed by atoms with Gasteiger partial charge in [-0.25, -0.2) is 0 Å². The van der Waals surface area contributed by atoms with E-state index in [-0.39, 0.29) is 12.0 Å².